The summed E-state index contributed by atoms with van der Waals surface area (Å²) in [4.78, 5) is 27.5. The number of carbonyl (C=O) groups is 2. The molecular weight excluding hydrogens is 456 g/mol. The van der Waals surface area contributed by atoms with Gasteiger partial charge in [0.05, 0.1) is 4.47 Å². The largest absolute Gasteiger partial charge is 0.483 e. The molecule has 0 bridgehead atoms. The fourth-order valence-electron chi connectivity index (χ4n) is 3.05. The number of ether oxygens (including phenoxy) is 1. The van der Waals surface area contributed by atoms with Crippen molar-refractivity contribution in [3.8, 4) is 5.75 Å². The normalized spacial score (nSPS) is 12.4. The van der Waals surface area contributed by atoms with E-state index in [-0.39, 0.29) is 24.0 Å². The van der Waals surface area contributed by atoms with Crippen molar-refractivity contribution in [2.75, 3.05) is 6.61 Å². The molecule has 0 aliphatic rings. The van der Waals surface area contributed by atoms with Gasteiger partial charge in [0.2, 0.25) is 5.91 Å². The molecule has 2 aromatic carbocycles. The van der Waals surface area contributed by atoms with Crippen LogP contribution in [0.4, 0.5) is 0 Å². The Morgan fingerprint density at radius 3 is 2.26 bits per heavy atom. The standard InChI is InChI=1S/C25H33BrN2O3/c1-17(2)20-12-13-22(21(26)14-20)31-16-23(29)28(15-19-10-8-7-9-11-19)18(3)24(30)27-25(4,5)6/h7-14,17-18H,15-16H2,1-6H3,(H,27,30). The minimum absolute atomic E-state index is 0.153. The SMILES string of the molecule is CC(C)c1ccc(OCC(=O)N(Cc2ccccc2)C(C)C(=O)NC(C)(C)C)c(Br)c1. The lowest BCUT2D eigenvalue weighted by atomic mass is 10.0. The average molecular weight is 489 g/mol. The summed E-state index contributed by atoms with van der Waals surface area (Å²) in [6.45, 7) is 11.9. The van der Waals surface area contributed by atoms with Crippen molar-refractivity contribution in [1.29, 1.82) is 0 Å². The molecule has 2 amide bonds. The summed E-state index contributed by atoms with van der Waals surface area (Å²) in [6.07, 6.45) is 0. The minimum Gasteiger partial charge on any atom is -0.483 e. The fourth-order valence-corrected chi connectivity index (χ4v) is 3.56. The van der Waals surface area contributed by atoms with Crippen molar-refractivity contribution in [2.24, 2.45) is 0 Å². The number of nitrogens with one attached hydrogen (secondary N) is 1. The molecule has 1 atom stereocenters. The van der Waals surface area contributed by atoms with Crippen LogP contribution in [0.25, 0.3) is 0 Å². The van der Waals surface area contributed by atoms with Gasteiger partial charge in [-0.3, -0.25) is 9.59 Å². The molecule has 5 nitrogen and oxygen atoms in total. The lowest BCUT2D eigenvalue weighted by Gasteiger charge is -2.31. The van der Waals surface area contributed by atoms with Crippen molar-refractivity contribution in [3.63, 3.8) is 0 Å². The first-order valence-electron chi connectivity index (χ1n) is 10.6. The van der Waals surface area contributed by atoms with Gasteiger partial charge in [-0.15, -0.1) is 0 Å². The number of rotatable bonds is 8. The average Bonchev–Trinajstić information content (AvgIpc) is 2.69. The Morgan fingerprint density at radius 2 is 1.71 bits per heavy atom. The lowest BCUT2D eigenvalue weighted by molar-refractivity contribution is -0.142. The Labute approximate surface area is 194 Å². The fraction of sp³-hybridized carbons (Fsp3) is 0.440. The van der Waals surface area contributed by atoms with Gasteiger partial charge >= 0.3 is 0 Å². The predicted molar refractivity (Wildman–Crippen MR) is 128 cm³/mol. The number of amides is 2. The molecule has 0 aliphatic heterocycles. The minimum atomic E-state index is -0.637. The van der Waals surface area contributed by atoms with Gasteiger partial charge < -0.3 is 15.0 Å². The molecule has 0 saturated heterocycles. The highest BCUT2D eigenvalue weighted by Crippen LogP contribution is 2.29. The molecule has 2 aromatic rings. The zero-order valence-corrected chi connectivity index (χ0v) is 20.8. The maximum absolute atomic E-state index is 13.1. The van der Waals surface area contributed by atoms with E-state index in [1.807, 2.05) is 69.3 Å². The van der Waals surface area contributed by atoms with Gasteiger partial charge in [-0.1, -0.05) is 50.2 Å². The van der Waals surface area contributed by atoms with Crippen molar-refractivity contribution in [3.05, 3.63) is 64.1 Å². The highest BCUT2D eigenvalue weighted by molar-refractivity contribution is 9.10. The Hall–Kier alpha value is -2.34. The molecule has 0 heterocycles. The van der Waals surface area contributed by atoms with Crippen LogP contribution in [-0.4, -0.2) is 34.9 Å². The molecule has 168 valence electrons. The molecule has 0 aromatic heterocycles. The third-order valence-corrected chi connectivity index (χ3v) is 5.45. The second-order valence-corrected chi connectivity index (χ2v) is 9.91. The Morgan fingerprint density at radius 1 is 1.06 bits per heavy atom. The molecule has 31 heavy (non-hydrogen) atoms. The van der Waals surface area contributed by atoms with E-state index < -0.39 is 6.04 Å². The Bertz CT molecular complexity index is 891. The van der Waals surface area contributed by atoms with Gasteiger partial charge in [0.1, 0.15) is 11.8 Å². The second kappa shape index (κ2) is 10.8. The van der Waals surface area contributed by atoms with Crippen LogP contribution in [-0.2, 0) is 16.1 Å². The first-order chi connectivity index (χ1) is 14.5. The first-order valence-corrected chi connectivity index (χ1v) is 11.3. The number of carbonyl (C=O) groups excluding carboxylic acids is 2. The Kier molecular flexibility index (Phi) is 8.69. The summed E-state index contributed by atoms with van der Waals surface area (Å²) >= 11 is 3.53. The summed E-state index contributed by atoms with van der Waals surface area (Å²) in [7, 11) is 0. The van der Waals surface area contributed by atoms with E-state index >= 15 is 0 Å². The van der Waals surface area contributed by atoms with Crippen LogP contribution >= 0.6 is 15.9 Å². The van der Waals surface area contributed by atoms with Gasteiger partial charge in [-0.05, 0) is 72.8 Å². The van der Waals surface area contributed by atoms with Crippen LogP contribution in [0, 0.1) is 0 Å². The van der Waals surface area contributed by atoms with Crippen molar-refractivity contribution >= 4 is 27.7 Å². The topological polar surface area (TPSA) is 58.6 Å². The molecule has 6 heteroatoms. The molecule has 1 unspecified atom stereocenters. The highest BCUT2D eigenvalue weighted by Gasteiger charge is 2.28. The zero-order chi connectivity index (χ0) is 23.2. The Balaban J connectivity index is 2.16. The van der Waals surface area contributed by atoms with Gasteiger partial charge in [0, 0.05) is 12.1 Å². The molecule has 0 aliphatic carbocycles. The zero-order valence-electron chi connectivity index (χ0n) is 19.2. The number of benzene rings is 2. The van der Waals surface area contributed by atoms with Crippen molar-refractivity contribution < 1.29 is 14.3 Å². The number of hydrogen-bond acceptors (Lipinski definition) is 3. The highest BCUT2D eigenvalue weighted by atomic mass is 79.9. The molecular formula is C25H33BrN2O3. The first kappa shape index (κ1) is 24.9. The van der Waals surface area contributed by atoms with Crippen LogP contribution in [0.2, 0.25) is 0 Å². The van der Waals surface area contributed by atoms with Crippen LogP contribution in [0.15, 0.2) is 53.0 Å². The van der Waals surface area contributed by atoms with E-state index in [1.54, 1.807) is 11.8 Å². The molecule has 0 fully saturated rings. The van der Waals surface area contributed by atoms with E-state index in [4.69, 9.17) is 4.74 Å². The van der Waals surface area contributed by atoms with Crippen LogP contribution in [0.5, 0.6) is 5.75 Å². The third-order valence-electron chi connectivity index (χ3n) is 4.83. The van der Waals surface area contributed by atoms with E-state index in [9.17, 15) is 9.59 Å². The van der Waals surface area contributed by atoms with Crippen LogP contribution in [0.3, 0.4) is 0 Å². The quantitative estimate of drug-likeness (QED) is 0.549. The van der Waals surface area contributed by atoms with Crippen molar-refractivity contribution in [2.45, 2.75) is 65.6 Å². The van der Waals surface area contributed by atoms with E-state index in [2.05, 4.69) is 35.1 Å². The summed E-state index contributed by atoms with van der Waals surface area (Å²) in [5.74, 6) is 0.555. The van der Waals surface area contributed by atoms with E-state index in [0.717, 1.165) is 10.0 Å². The van der Waals surface area contributed by atoms with Crippen LogP contribution in [0.1, 0.15) is 58.6 Å². The predicted octanol–water partition coefficient (Wildman–Crippen LogP) is 5.28. The smallest absolute Gasteiger partial charge is 0.261 e. The maximum Gasteiger partial charge on any atom is 0.261 e. The molecule has 0 radical (unpaired) electrons. The maximum atomic E-state index is 13.1. The van der Waals surface area contributed by atoms with Gasteiger partial charge in [0.25, 0.3) is 5.91 Å². The summed E-state index contributed by atoms with van der Waals surface area (Å²) < 4.78 is 6.62. The second-order valence-electron chi connectivity index (χ2n) is 9.06. The molecule has 2 rings (SSSR count). The van der Waals surface area contributed by atoms with Crippen LogP contribution < -0.4 is 10.1 Å². The van der Waals surface area contributed by atoms with Gasteiger partial charge in [0.15, 0.2) is 6.61 Å². The number of nitrogens with zero attached hydrogens (tertiary/aromatic N) is 1. The van der Waals surface area contributed by atoms with E-state index in [1.165, 1.54) is 5.56 Å². The summed E-state index contributed by atoms with van der Waals surface area (Å²) in [6, 6.07) is 14.9. The third kappa shape index (κ3) is 7.69. The number of halogens is 1. The monoisotopic (exact) mass is 488 g/mol. The lowest BCUT2D eigenvalue weighted by Crippen LogP contribution is -2.53. The van der Waals surface area contributed by atoms with E-state index in [0.29, 0.717) is 18.2 Å². The summed E-state index contributed by atoms with van der Waals surface area (Å²) in [5, 5.41) is 2.96. The molecule has 0 spiro atoms. The summed E-state index contributed by atoms with van der Waals surface area (Å²) in [5.41, 5.74) is 1.75. The van der Waals surface area contributed by atoms with Gasteiger partial charge in [-0.25, -0.2) is 0 Å². The molecule has 0 saturated carbocycles. The van der Waals surface area contributed by atoms with Crippen molar-refractivity contribution in [1.82, 2.24) is 10.2 Å². The van der Waals surface area contributed by atoms with Gasteiger partial charge in [-0.2, -0.15) is 0 Å². The number of hydrogen-bond donors (Lipinski definition) is 1. The molecule has 1 N–H and O–H groups in total.